The Balaban J connectivity index is 1.99. The number of allylic oxidation sites excluding steroid dienone is 1. The van der Waals surface area contributed by atoms with Crippen molar-refractivity contribution in [3.8, 4) is 0 Å². The second-order valence-corrected chi connectivity index (χ2v) is 8.76. The minimum absolute atomic E-state index is 0.132. The predicted octanol–water partition coefficient (Wildman–Crippen LogP) is 3.90. The highest BCUT2D eigenvalue weighted by atomic mass is 35.5. The number of carbonyl (C=O) groups is 1. The highest BCUT2D eigenvalue weighted by Crippen LogP contribution is 2.31. The number of fused-ring (bicyclic) bond motifs is 1. The Morgan fingerprint density at radius 2 is 1.97 bits per heavy atom. The lowest BCUT2D eigenvalue weighted by atomic mass is 9.95. The molecule has 0 amide bonds. The van der Waals surface area contributed by atoms with Crippen molar-refractivity contribution in [2.45, 2.75) is 26.8 Å². The van der Waals surface area contributed by atoms with Crippen LogP contribution in [0.1, 0.15) is 36.6 Å². The van der Waals surface area contributed by atoms with Crippen LogP contribution in [0.2, 0.25) is 5.02 Å². The van der Waals surface area contributed by atoms with Crippen LogP contribution in [0.4, 0.5) is 4.39 Å². The fourth-order valence-corrected chi connectivity index (χ4v) is 4.88. The quantitative estimate of drug-likeness (QED) is 0.543. The van der Waals surface area contributed by atoms with E-state index < -0.39 is 17.8 Å². The second-order valence-electron chi connectivity index (χ2n) is 7.35. The topological polar surface area (TPSA) is 60.7 Å². The summed E-state index contributed by atoms with van der Waals surface area (Å²) < 4.78 is 21.3. The summed E-state index contributed by atoms with van der Waals surface area (Å²) in [4.78, 5) is 31.2. The Kier molecular flexibility index (Phi) is 6.13. The van der Waals surface area contributed by atoms with E-state index in [9.17, 15) is 14.0 Å². The zero-order chi connectivity index (χ0) is 23.0. The molecular weight excluding hydrogens is 451 g/mol. The third kappa shape index (κ3) is 3.94. The molecule has 4 rings (SSSR count). The van der Waals surface area contributed by atoms with Crippen LogP contribution in [-0.2, 0) is 9.53 Å². The molecular formula is C24H20ClFN2O3S. The average molecular weight is 471 g/mol. The number of carbonyl (C=O) groups excluding carboxylic acids is 1. The smallest absolute Gasteiger partial charge is 0.338 e. The molecule has 1 aromatic heterocycles. The van der Waals surface area contributed by atoms with Crippen LogP contribution in [0.25, 0.3) is 6.08 Å². The number of benzene rings is 2. The van der Waals surface area contributed by atoms with Crippen molar-refractivity contribution in [3.05, 3.63) is 101 Å². The number of esters is 1. The molecule has 1 aliphatic heterocycles. The maximum absolute atomic E-state index is 14.3. The number of hydrogen-bond acceptors (Lipinski definition) is 5. The van der Waals surface area contributed by atoms with Gasteiger partial charge < -0.3 is 4.74 Å². The van der Waals surface area contributed by atoms with Gasteiger partial charge in [0.05, 0.1) is 33.5 Å². The molecule has 0 saturated heterocycles. The lowest BCUT2D eigenvalue weighted by Crippen LogP contribution is -2.40. The monoisotopic (exact) mass is 470 g/mol. The summed E-state index contributed by atoms with van der Waals surface area (Å²) in [5.41, 5.74) is 2.34. The van der Waals surface area contributed by atoms with Crippen molar-refractivity contribution in [3.63, 3.8) is 0 Å². The van der Waals surface area contributed by atoms with Gasteiger partial charge in [-0.3, -0.25) is 9.36 Å². The van der Waals surface area contributed by atoms with Crippen molar-refractivity contribution in [2.24, 2.45) is 4.99 Å². The van der Waals surface area contributed by atoms with Crippen LogP contribution >= 0.6 is 22.9 Å². The number of ether oxygens (including phenoxy) is 1. The maximum Gasteiger partial charge on any atom is 0.338 e. The van der Waals surface area contributed by atoms with Crippen molar-refractivity contribution in [1.29, 1.82) is 0 Å². The average Bonchev–Trinajstić information content (AvgIpc) is 3.05. The van der Waals surface area contributed by atoms with Gasteiger partial charge in [0, 0.05) is 5.56 Å². The zero-order valence-corrected chi connectivity index (χ0v) is 19.3. The van der Waals surface area contributed by atoms with Gasteiger partial charge in [0.15, 0.2) is 4.80 Å². The summed E-state index contributed by atoms with van der Waals surface area (Å²) in [5.74, 6) is -1.05. The normalized spacial score (nSPS) is 16.0. The number of aryl methyl sites for hydroxylation is 1. The molecule has 0 fully saturated rings. The summed E-state index contributed by atoms with van der Waals surface area (Å²) in [5, 5.41) is 0.203. The van der Waals surface area contributed by atoms with Gasteiger partial charge in [-0.2, -0.15) is 0 Å². The van der Waals surface area contributed by atoms with E-state index >= 15 is 0 Å². The van der Waals surface area contributed by atoms with Gasteiger partial charge in [-0.25, -0.2) is 14.2 Å². The van der Waals surface area contributed by atoms with Gasteiger partial charge in [0.1, 0.15) is 5.82 Å². The minimum Gasteiger partial charge on any atom is -0.463 e. The molecule has 2 aromatic carbocycles. The van der Waals surface area contributed by atoms with E-state index in [0.29, 0.717) is 16.1 Å². The van der Waals surface area contributed by atoms with E-state index in [1.54, 1.807) is 19.9 Å². The van der Waals surface area contributed by atoms with Crippen LogP contribution in [0.15, 0.2) is 63.5 Å². The van der Waals surface area contributed by atoms with E-state index in [2.05, 4.69) is 4.99 Å². The van der Waals surface area contributed by atoms with Crippen molar-refractivity contribution in [2.75, 3.05) is 6.61 Å². The number of rotatable bonds is 4. The summed E-state index contributed by atoms with van der Waals surface area (Å²) in [7, 11) is 0. The standard InChI is InChI=1S/C24H20ClFN2O3S/c1-4-31-23(30)20-14(3)27-24-28(21(20)15-10-8-13(2)9-11-15)22(29)19(32-24)12-16-17(25)6-5-7-18(16)26/h5-12,21H,4H2,1-3H3. The highest BCUT2D eigenvalue weighted by Gasteiger charge is 2.33. The molecule has 1 atom stereocenters. The third-order valence-electron chi connectivity index (χ3n) is 5.19. The Morgan fingerprint density at radius 1 is 1.25 bits per heavy atom. The number of nitrogens with zero attached hydrogens (tertiary/aromatic N) is 2. The van der Waals surface area contributed by atoms with Crippen LogP contribution in [0, 0.1) is 12.7 Å². The molecule has 2 heterocycles. The summed E-state index contributed by atoms with van der Waals surface area (Å²) in [6.07, 6.45) is 1.43. The molecule has 164 valence electrons. The van der Waals surface area contributed by atoms with Gasteiger partial charge in [0.2, 0.25) is 0 Å². The second kappa shape index (κ2) is 8.84. The summed E-state index contributed by atoms with van der Waals surface area (Å²) >= 11 is 7.28. The van der Waals surface area contributed by atoms with Gasteiger partial charge >= 0.3 is 5.97 Å². The Hall–Kier alpha value is -3.03. The van der Waals surface area contributed by atoms with Crippen molar-refractivity contribution >= 4 is 35.0 Å². The summed E-state index contributed by atoms with van der Waals surface area (Å²) in [6, 6.07) is 11.2. The molecule has 8 heteroatoms. The molecule has 1 aliphatic rings. The lowest BCUT2D eigenvalue weighted by Gasteiger charge is -2.24. The molecule has 0 aliphatic carbocycles. The predicted molar refractivity (Wildman–Crippen MR) is 123 cm³/mol. The fourth-order valence-electron chi connectivity index (χ4n) is 3.64. The fraction of sp³-hybridized carbons (Fsp3) is 0.208. The van der Waals surface area contributed by atoms with Gasteiger partial charge in [-0.05, 0) is 44.5 Å². The van der Waals surface area contributed by atoms with Gasteiger partial charge in [-0.15, -0.1) is 0 Å². The molecule has 0 spiro atoms. The first-order chi connectivity index (χ1) is 15.3. The van der Waals surface area contributed by atoms with E-state index in [-0.39, 0.29) is 27.3 Å². The van der Waals surface area contributed by atoms with Gasteiger partial charge in [0.25, 0.3) is 5.56 Å². The number of aromatic nitrogens is 1. The van der Waals surface area contributed by atoms with E-state index in [1.165, 1.54) is 22.8 Å². The van der Waals surface area contributed by atoms with Crippen LogP contribution in [-0.4, -0.2) is 17.1 Å². The highest BCUT2D eigenvalue weighted by molar-refractivity contribution is 7.07. The van der Waals surface area contributed by atoms with Crippen LogP contribution in [0.3, 0.4) is 0 Å². The third-order valence-corrected chi connectivity index (χ3v) is 6.50. The number of hydrogen-bond donors (Lipinski definition) is 0. The number of halogens is 2. The first-order valence-electron chi connectivity index (χ1n) is 10.0. The Labute approximate surface area is 192 Å². The zero-order valence-electron chi connectivity index (χ0n) is 17.7. The van der Waals surface area contributed by atoms with Crippen molar-refractivity contribution < 1.29 is 13.9 Å². The molecule has 3 aromatic rings. The van der Waals surface area contributed by atoms with Crippen LogP contribution in [0.5, 0.6) is 0 Å². The van der Waals surface area contributed by atoms with Crippen molar-refractivity contribution in [1.82, 2.24) is 4.57 Å². The first-order valence-corrected chi connectivity index (χ1v) is 11.2. The van der Waals surface area contributed by atoms with E-state index in [4.69, 9.17) is 16.3 Å². The Morgan fingerprint density at radius 3 is 2.62 bits per heavy atom. The Bertz CT molecular complexity index is 1400. The molecule has 32 heavy (non-hydrogen) atoms. The van der Waals surface area contributed by atoms with Crippen LogP contribution < -0.4 is 14.9 Å². The number of thiazole rings is 1. The lowest BCUT2D eigenvalue weighted by molar-refractivity contribution is -0.139. The molecule has 0 bridgehead atoms. The molecule has 0 saturated carbocycles. The molecule has 1 unspecified atom stereocenters. The molecule has 0 N–H and O–H groups in total. The van der Waals surface area contributed by atoms with Gasteiger partial charge in [-0.1, -0.05) is 58.8 Å². The summed E-state index contributed by atoms with van der Waals surface area (Å²) in [6.45, 7) is 5.60. The minimum atomic E-state index is -0.704. The SMILES string of the molecule is CCOC(=O)C1=C(C)N=c2sc(=Cc3c(F)cccc3Cl)c(=O)n2C1c1ccc(C)cc1. The molecule has 5 nitrogen and oxygen atoms in total. The molecule has 0 radical (unpaired) electrons. The first kappa shape index (κ1) is 22.2. The maximum atomic E-state index is 14.3. The largest absolute Gasteiger partial charge is 0.463 e. The van der Waals surface area contributed by atoms with E-state index in [1.807, 2.05) is 31.2 Å². The van der Waals surface area contributed by atoms with E-state index in [0.717, 1.165) is 22.5 Å².